The summed E-state index contributed by atoms with van der Waals surface area (Å²) in [5, 5.41) is 14.8. The molecular weight excluding hydrogens is 442 g/mol. The maximum Gasteiger partial charge on any atom is 0.274 e. The van der Waals surface area contributed by atoms with Gasteiger partial charge in [0.1, 0.15) is 11.5 Å². The summed E-state index contributed by atoms with van der Waals surface area (Å²) in [6.07, 6.45) is 7.49. The lowest BCUT2D eigenvalue weighted by molar-refractivity contribution is 0.0962. The van der Waals surface area contributed by atoms with E-state index in [4.69, 9.17) is 11.5 Å². The van der Waals surface area contributed by atoms with Crippen molar-refractivity contribution in [1.82, 2.24) is 30.5 Å². The zero-order valence-electron chi connectivity index (χ0n) is 18.4. The molecule has 0 aliphatic rings. The van der Waals surface area contributed by atoms with Gasteiger partial charge >= 0.3 is 0 Å². The van der Waals surface area contributed by atoms with Crippen LogP contribution in [0.3, 0.4) is 0 Å². The van der Waals surface area contributed by atoms with Crippen LogP contribution in [0.5, 0.6) is 0 Å². The van der Waals surface area contributed by atoms with Crippen molar-refractivity contribution in [3.8, 4) is 11.4 Å². The third-order valence-electron chi connectivity index (χ3n) is 5.26. The molecule has 3 aromatic heterocycles. The molecule has 172 valence electrons. The lowest BCUT2D eigenvalue weighted by Gasteiger charge is -2.09. The number of hydrogen-bond acceptors (Lipinski definition) is 8. The molecule has 0 atom stereocenters. The minimum Gasteiger partial charge on any atom is -0.405 e. The minimum atomic E-state index is -0.399. The van der Waals surface area contributed by atoms with Crippen molar-refractivity contribution in [2.75, 3.05) is 5.32 Å². The predicted octanol–water partition coefficient (Wildman–Crippen LogP) is 3.31. The molecule has 0 aliphatic carbocycles. The highest BCUT2D eigenvalue weighted by atomic mass is 16.1. The van der Waals surface area contributed by atoms with Crippen molar-refractivity contribution in [2.24, 2.45) is 11.5 Å². The number of fused-ring (bicyclic) bond motifs is 2. The number of aromatic amines is 1. The molecule has 2 aromatic carbocycles. The number of carbonyl (C=O) groups excluding carboxylic acids is 1. The molecule has 0 unspecified atom stereocenters. The number of benzene rings is 2. The summed E-state index contributed by atoms with van der Waals surface area (Å²) >= 11 is 0. The smallest absolute Gasteiger partial charge is 0.274 e. The molecule has 5 aromatic rings. The molecule has 10 nitrogen and oxygen atoms in total. The number of carbonyl (C=O) groups is 1. The SMILES string of the molecule is N/C=C\C(=C/N)NC(=O)c1ccc2ccc(-c3nccc(Nc4ccc5[nH]ncc5c4)n3)cc2n1. The van der Waals surface area contributed by atoms with Crippen molar-refractivity contribution in [2.45, 2.75) is 0 Å². The molecule has 3 heterocycles. The van der Waals surface area contributed by atoms with Crippen LogP contribution in [0.1, 0.15) is 10.5 Å². The number of nitrogens with zero attached hydrogens (tertiary/aromatic N) is 4. The lowest BCUT2D eigenvalue weighted by atomic mass is 10.1. The van der Waals surface area contributed by atoms with E-state index in [9.17, 15) is 4.79 Å². The summed E-state index contributed by atoms with van der Waals surface area (Å²) in [7, 11) is 0. The molecule has 0 spiro atoms. The maximum atomic E-state index is 12.6. The molecule has 10 heteroatoms. The Kier molecular flexibility index (Phi) is 5.75. The fraction of sp³-hybridized carbons (Fsp3) is 0. The quantitative estimate of drug-likeness (QED) is 0.240. The van der Waals surface area contributed by atoms with Gasteiger partial charge in [-0.05, 0) is 48.7 Å². The zero-order valence-corrected chi connectivity index (χ0v) is 18.4. The number of H-pyrrole nitrogens is 1. The van der Waals surface area contributed by atoms with Gasteiger partial charge in [0.2, 0.25) is 0 Å². The minimum absolute atomic E-state index is 0.241. The van der Waals surface area contributed by atoms with Gasteiger partial charge in [-0.25, -0.2) is 15.0 Å². The molecule has 0 radical (unpaired) electrons. The number of rotatable bonds is 6. The van der Waals surface area contributed by atoms with E-state index in [0.717, 1.165) is 27.5 Å². The van der Waals surface area contributed by atoms with E-state index in [1.165, 1.54) is 18.5 Å². The van der Waals surface area contributed by atoms with Crippen LogP contribution >= 0.6 is 0 Å². The van der Waals surface area contributed by atoms with Crippen molar-refractivity contribution >= 4 is 39.2 Å². The molecule has 1 amide bonds. The Bertz CT molecular complexity index is 1600. The average molecular weight is 464 g/mol. The molecule has 7 N–H and O–H groups in total. The highest BCUT2D eigenvalue weighted by Gasteiger charge is 2.11. The summed E-state index contributed by atoms with van der Waals surface area (Å²) in [6, 6.07) is 16.8. The van der Waals surface area contributed by atoms with Gasteiger partial charge in [0.25, 0.3) is 5.91 Å². The number of allylic oxidation sites excluding steroid dienone is 1. The lowest BCUT2D eigenvalue weighted by Crippen LogP contribution is -2.23. The van der Waals surface area contributed by atoms with E-state index in [-0.39, 0.29) is 5.69 Å². The number of aromatic nitrogens is 5. The van der Waals surface area contributed by atoms with E-state index in [1.807, 2.05) is 42.5 Å². The monoisotopic (exact) mass is 463 g/mol. The Balaban J connectivity index is 1.41. The molecule has 5 rings (SSSR count). The predicted molar refractivity (Wildman–Crippen MR) is 135 cm³/mol. The average Bonchev–Trinajstić information content (AvgIpc) is 3.36. The number of nitrogens with one attached hydrogen (secondary N) is 3. The number of nitrogens with two attached hydrogens (primary N) is 2. The van der Waals surface area contributed by atoms with Gasteiger partial charge in [0.05, 0.1) is 22.9 Å². The summed E-state index contributed by atoms with van der Waals surface area (Å²) in [4.78, 5) is 26.2. The van der Waals surface area contributed by atoms with Gasteiger partial charge in [-0.3, -0.25) is 9.89 Å². The summed E-state index contributed by atoms with van der Waals surface area (Å²) in [5.74, 6) is 0.775. The topological polar surface area (TPSA) is 161 Å². The Morgan fingerprint density at radius 2 is 1.86 bits per heavy atom. The van der Waals surface area contributed by atoms with Gasteiger partial charge in [0, 0.05) is 34.4 Å². The normalized spacial score (nSPS) is 11.8. The first kappa shape index (κ1) is 21.6. The van der Waals surface area contributed by atoms with Crippen molar-refractivity contribution in [1.29, 1.82) is 0 Å². The van der Waals surface area contributed by atoms with E-state index >= 15 is 0 Å². The number of hydrogen-bond donors (Lipinski definition) is 5. The second-order valence-corrected chi connectivity index (χ2v) is 7.60. The van der Waals surface area contributed by atoms with Gasteiger partial charge < -0.3 is 22.1 Å². The Morgan fingerprint density at radius 1 is 0.971 bits per heavy atom. The van der Waals surface area contributed by atoms with Crippen molar-refractivity contribution in [3.63, 3.8) is 0 Å². The second-order valence-electron chi connectivity index (χ2n) is 7.60. The third kappa shape index (κ3) is 4.62. The standard InChI is InChI=1S/C25H21N9O/c26-9-7-19(13-27)31-25(35)21-5-3-15-1-2-16(12-22(15)32-21)24-28-10-8-23(33-24)30-18-4-6-20-17(11-18)14-29-34-20/h1-14H,26-27H2,(H,29,34)(H,31,35)(H,28,30,33)/b9-7-,19-13+. The van der Waals surface area contributed by atoms with Crippen LogP contribution in [0.25, 0.3) is 33.2 Å². The van der Waals surface area contributed by atoms with Crippen LogP contribution in [-0.4, -0.2) is 31.1 Å². The van der Waals surface area contributed by atoms with E-state index < -0.39 is 5.91 Å². The molecule has 35 heavy (non-hydrogen) atoms. The van der Waals surface area contributed by atoms with E-state index in [1.54, 1.807) is 24.5 Å². The van der Waals surface area contributed by atoms with Crippen LogP contribution in [0, 0.1) is 0 Å². The molecule has 0 saturated carbocycles. The number of anilines is 2. The number of amides is 1. The Hall–Kier alpha value is -5.25. The highest BCUT2D eigenvalue weighted by Crippen LogP contribution is 2.24. The second kappa shape index (κ2) is 9.32. The molecule has 0 saturated heterocycles. The third-order valence-corrected chi connectivity index (χ3v) is 5.26. The fourth-order valence-corrected chi connectivity index (χ4v) is 3.56. The van der Waals surface area contributed by atoms with Crippen LogP contribution < -0.4 is 22.1 Å². The maximum absolute atomic E-state index is 12.6. The van der Waals surface area contributed by atoms with Crippen LogP contribution in [0.15, 0.2) is 91.2 Å². The highest BCUT2D eigenvalue weighted by molar-refractivity contribution is 5.96. The Labute approximate surface area is 199 Å². The van der Waals surface area contributed by atoms with Gasteiger partial charge in [-0.15, -0.1) is 0 Å². The zero-order chi connectivity index (χ0) is 24.2. The van der Waals surface area contributed by atoms with E-state index in [2.05, 4.69) is 35.8 Å². The fourth-order valence-electron chi connectivity index (χ4n) is 3.56. The summed E-state index contributed by atoms with van der Waals surface area (Å²) < 4.78 is 0. The molecule has 0 fully saturated rings. The summed E-state index contributed by atoms with van der Waals surface area (Å²) in [5.41, 5.74) is 14.7. The largest absolute Gasteiger partial charge is 0.405 e. The number of pyridine rings is 1. The molecule has 0 aliphatic heterocycles. The van der Waals surface area contributed by atoms with Crippen LogP contribution in [0.4, 0.5) is 11.5 Å². The molecule has 0 bridgehead atoms. The Morgan fingerprint density at radius 3 is 2.71 bits per heavy atom. The first-order valence-corrected chi connectivity index (χ1v) is 10.7. The summed E-state index contributed by atoms with van der Waals surface area (Å²) in [6.45, 7) is 0. The van der Waals surface area contributed by atoms with Gasteiger partial charge in [-0.1, -0.05) is 18.2 Å². The van der Waals surface area contributed by atoms with Crippen molar-refractivity contribution in [3.05, 3.63) is 96.9 Å². The van der Waals surface area contributed by atoms with Crippen LogP contribution in [0.2, 0.25) is 0 Å². The first-order chi connectivity index (χ1) is 17.1. The van der Waals surface area contributed by atoms with Gasteiger partial charge in [0.15, 0.2) is 5.82 Å². The van der Waals surface area contributed by atoms with Crippen molar-refractivity contribution < 1.29 is 4.79 Å². The van der Waals surface area contributed by atoms with Crippen LogP contribution in [-0.2, 0) is 0 Å². The van der Waals surface area contributed by atoms with E-state index in [0.29, 0.717) is 22.9 Å². The first-order valence-electron chi connectivity index (χ1n) is 10.7. The van der Waals surface area contributed by atoms with Gasteiger partial charge in [-0.2, -0.15) is 5.10 Å². The molecular formula is C25H21N9O.